The molecular formula is C54H54BBrF6N12O12. The minimum absolute atomic E-state index is 0.000531. The molecule has 24 nitrogen and oxygen atoms in total. The van der Waals surface area contributed by atoms with E-state index in [0.717, 1.165) is 27.7 Å². The van der Waals surface area contributed by atoms with Crippen molar-refractivity contribution in [1.29, 1.82) is 0 Å². The molecule has 0 amide bonds. The Balaban J connectivity index is 0.000000194. The summed E-state index contributed by atoms with van der Waals surface area (Å²) in [7, 11) is 10.7. The first-order chi connectivity index (χ1) is 40.7. The van der Waals surface area contributed by atoms with Gasteiger partial charge in [-0.15, -0.1) is 0 Å². The van der Waals surface area contributed by atoms with E-state index in [0.29, 0.717) is 49.9 Å². The van der Waals surface area contributed by atoms with Gasteiger partial charge in [-0.3, -0.25) is 0 Å². The molecule has 1 saturated heterocycles. The first-order valence-corrected chi connectivity index (χ1v) is 25.7. The summed E-state index contributed by atoms with van der Waals surface area (Å²) in [6.45, 7) is 7.85. The number of carbonyl (C=O) groups excluding carboxylic acids is 2. The number of alkyl halides is 6. The molecule has 0 atom stereocenters. The molecule has 1 aliphatic heterocycles. The highest BCUT2D eigenvalue weighted by molar-refractivity contribution is 9.10. The van der Waals surface area contributed by atoms with E-state index in [1.54, 1.807) is 48.7 Å². The maximum atomic E-state index is 13.3. The van der Waals surface area contributed by atoms with Gasteiger partial charge in [-0.25, -0.2) is 38.9 Å². The van der Waals surface area contributed by atoms with E-state index in [2.05, 4.69) is 66.7 Å². The quantitative estimate of drug-likeness (QED) is 0.0518. The van der Waals surface area contributed by atoms with Crippen LogP contribution in [-0.2, 0) is 31.1 Å². The summed E-state index contributed by atoms with van der Waals surface area (Å²) in [5.74, 6) is 1.40. The van der Waals surface area contributed by atoms with Gasteiger partial charge < -0.3 is 57.8 Å². The number of hydrogen-bond acceptors (Lipinski definition) is 22. The number of carbonyl (C=O) groups is 2. The Labute approximate surface area is 495 Å². The first-order valence-electron chi connectivity index (χ1n) is 24.9. The van der Waals surface area contributed by atoms with Gasteiger partial charge in [0, 0.05) is 102 Å². The molecular weight excluding hydrogens is 1210 g/mol. The minimum atomic E-state index is -4.67. The van der Waals surface area contributed by atoms with Crippen molar-refractivity contribution >= 4 is 63.7 Å². The van der Waals surface area contributed by atoms with E-state index in [1.165, 1.54) is 87.7 Å². The topological polar surface area (TPSA) is 263 Å². The number of nitrogens with one attached hydrogen (secondary N) is 2. The van der Waals surface area contributed by atoms with E-state index in [4.69, 9.17) is 47.2 Å². The second kappa shape index (κ2) is 26.7. The van der Waals surface area contributed by atoms with Crippen LogP contribution in [0.1, 0.15) is 59.8 Å². The van der Waals surface area contributed by atoms with Gasteiger partial charge in [-0.2, -0.15) is 46.5 Å². The molecule has 454 valence electrons. The molecule has 0 aliphatic carbocycles. The van der Waals surface area contributed by atoms with E-state index in [9.17, 15) is 35.9 Å². The third kappa shape index (κ3) is 15.1. The predicted molar refractivity (Wildman–Crippen MR) is 301 cm³/mol. The zero-order valence-corrected chi connectivity index (χ0v) is 49.4. The maximum Gasteiger partial charge on any atom is 0.496 e. The lowest BCUT2D eigenvalue weighted by Gasteiger charge is -2.32. The smallest absolute Gasteiger partial charge is 0.496 e. The minimum Gasteiger partial charge on any atom is -0.497 e. The molecule has 1 fully saturated rings. The second-order valence-electron chi connectivity index (χ2n) is 18.7. The Morgan fingerprint density at radius 1 is 0.547 bits per heavy atom. The Hall–Kier alpha value is -9.30. The fourth-order valence-corrected chi connectivity index (χ4v) is 7.98. The number of rotatable bonds is 16. The maximum absolute atomic E-state index is 13.3. The van der Waals surface area contributed by atoms with Crippen LogP contribution in [0.4, 0.5) is 49.6 Å². The number of aromatic nitrogens is 10. The first kappa shape index (κ1) is 64.3. The molecule has 0 saturated carbocycles. The molecule has 0 bridgehead atoms. The van der Waals surface area contributed by atoms with E-state index in [1.807, 2.05) is 27.7 Å². The lowest BCUT2D eigenvalue weighted by Crippen LogP contribution is -2.41. The van der Waals surface area contributed by atoms with Crippen molar-refractivity contribution in [3.63, 3.8) is 0 Å². The molecule has 2 N–H and O–H groups in total. The number of halogens is 7. The fourth-order valence-electron chi connectivity index (χ4n) is 7.61. The SMILES string of the molecule is COC(=O)c1cc(-c2cnc(Nc3cc(OC)cc(OC)c3)nc2-n2ccc(C(F)(F)F)n2)cnc1OC.COC(=O)c1cc(B2OC(C)(C)C(C)(C)O2)cnc1OC.COc1cc(Nc2ncc(Br)c(-n3ccc(C(F)(F)F)n3)n2)cc(OC)c1. The van der Waals surface area contributed by atoms with Crippen molar-refractivity contribution in [3.05, 3.63) is 125 Å². The van der Waals surface area contributed by atoms with Crippen LogP contribution in [0.5, 0.6) is 34.8 Å². The molecule has 1 aliphatic rings. The van der Waals surface area contributed by atoms with Gasteiger partial charge in [0.05, 0.1) is 72.6 Å². The summed E-state index contributed by atoms with van der Waals surface area (Å²) in [5, 5.41) is 13.1. The molecule has 9 rings (SSSR count). The van der Waals surface area contributed by atoms with E-state index in [-0.39, 0.29) is 52.0 Å². The summed E-state index contributed by atoms with van der Waals surface area (Å²) in [5.41, 5.74) is -0.534. The van der Waals surface area contributed by atoms with Gasteiger partial charge in [-0.05, 0) is 67.9 Å². The molecule has 32 heteroatoms. The van der Waals surface area contributed by atoms with Gasteiger partial charge in [0.2, 0.25) is 23.7 Å². The van der Waals surface area contributed by atoms with Crippen LogP contribution in [0.15, 0.2) is 102 Å². The zero-order chi connectivity index (χ0) is 62.9. The average molecular weight is 1270 g/mol. The molecule has 0 spiro atoms. The third-order valence-electron chi connectivity index (χ3n) is 12.7. The summed E-state index contributed by atoms with van der Waals surface area (Å²) in [6.07, 6.45) is -1.20. The van der Waals surface area contributed by atoms with Crippen LogP contribution in [0.25, 0.3) is 22.8 Å². The number of nitrogens with zero attached hydrogens (tertiary/aromatic N) is 10. The predicted octanol–water partition coefficient (Wildman–Crippen LogP) is 9.68. The largest absolute Gasteiger partial charge is 0.497 e. The van der Waals surface area contributed by atoms with Gasteiger partial charge in [0.1, 0.15) is 34.1 Å². The van der Waals surface area contributed by atoms with Crippen molar-refractivity contribution in [1.82, 2.24) is 49.5 Å². The number of methoxy groups -OCH3 is 8. The van der Waals surface area contributed by atoms with Crippen LogP contribution < -0.4 is 44.5 Å². The van der Waals surface area contributed by atoms with E-state index < -0.39 is 54.0 Å². The highest BCUT2D eigenvalue weighted by Crippen LogP contribution is 2.38. The summed E-state index contributed by atoms with van der Waals surface area (Å²) >= 11 is 3.22. The summed E-state index contributed by atoms with van der Waals surface area (Å²) in [4.78, 5) is 49.3. The molecule has 8 aromatic rings. The highest BCUT2D eigenvalue weighted by atomic mass is 79.9. The molecule has 6 aromatic heterocycles. The van der Waals surface area contributed by atoms with Crippen LogP contribution in [0.2, 0.25) is 0 Å². The number of hydrogen-bond donors (Lipinski definition) is 2. The van der Waals surface area contributed by atoms with Crippen LogP contribution in [-0.4, -0.2) is 137 Å². The van der Waals surface area contributed by atoms with Crippen molar-refractivity contribution in [3.8, 4) is 57.5 Å². The molecule has 0 unspecified atom stereocenters. The number of ether oxygens (including phenoxy) is 8. The van der Waals surface area contributed by atoms with Crippen molar-refractivity contribution in [2.75, 3.05) is 67.5 Å². The lowest BCUT2D eigenvalue weighted by molar-refractivity contribution is -0.142. The molecule has 86 heavy (non-hydrogen) atoms. The Morgan fingerprint density at radius 2 is 0.965 bits per heavy atom. The molecule has 0 radical (unpaired) electrons. The Morgan fingerprint density at radius 3 is 1.38 bits per heavy atom. The molecule has 7 heterocycles. The Bertz CT molecular complexity index is 3660. The number of pyridine rings is 2. The second-order valence-corrected chi connectivity index (χ2v) is 19.6. The number of benzene rings is 2. The van der Waals surface area contributed by atoms with Crippen molar-refractivity contribution in [2.45, 2.75) is 51.2 Å². The molecule has 2 aromatic carbocycles. The lowest BCUT2D eigenvalue weighted by atomic mass is 9.79. The fraction of sp³-hybridized carbons (Fsp3) is 0.296. The van der Waals surface area contributed by atoms with Gasteiger partial charge in [0.25, 0.3) is 0 Å². The average Bonchev–Trinajstić information content (AvgIpc) is 4.36. The van der Waals surface area contributed by atoms with Gasteiger partial charge in [-0.1, -0.05) is 0 Å². The van der Waals surface area contributed by atoms with E-state index >= 15 is 0 Å². The Kier molecular flexibility index (Phi) is 20.0. The zero-order valence-electron chi connectivity index (χ0n) is 47.8. The number of anilines is 4. The van der Waals surface area contributed by atoms with Crippen LogP contribution in [0.3, 0.4) is 0 Å². The highest BCUT2D eigenvalue weighted by Gasteiger charge is 2.52. The monoisotopic (exact) mass is 1270 g/mol. The van der Waals surface area contributed by atoms with Gasteiger partial charge in [0.15, 0.2) is 23.0 Å². The van der Waals surface area contributed by atoms with Crippen molar-refractivity contribution < 1.29 is 83.1 Å². The number of esters is 2. The normalized spacial score (nSPS) is 13.2. The standard InChI is InChI=1S/C24H21F3N6O5.C16H13BrF3N5O2.C14H20BNO5/c1-35-15-8-14(9-16(10-15)36-2)30-23-29-12-18(13-7-17(22(34)38-4)21(37-3)28-11-13)20(31-23)33-6-5-19(32-33)24(25,26)27;1-26-10-5-9(6-11(7-10)27-2)22-15-21-8-12(17)14(23-15)25-4-3-13(24-25)16(18,19)20;1-13(2)14(3,4)21-15(20-13)9-7-10(12(17)19-6)11(18-5)16-8-9/h5-12H,1-4H3,(H,29,30,31);3-8H,1-2H3,(H,21,22,23);7-8H,1-6H3. The van der Waals surface area contributed by atoms with Crippen molar-refractivity contribution in [2.24, 2.45) is 0 Å². The third-order valence-corrected chi connectivity index (χ3v) is 13.2. The summed E-state index contributed by atoms with van der Waals surface area (Å²) in [6, 6.07) is 14.8. The summed E-state index contributed by atoms with van der Waals surface area (Å²) < 4.78 is 133. The van der Waals surface area contributed by atoms with Crippen LogP contribution >= 0.6 is 15.9 Å². The van der Waals surface area contributed by atoms with Crippen LogP contribution in [0, 0.1) is 0 Å². The van der Waals surface area contributed by atoms with Gasteiger partial charge >= 0.3 is 31.4 Å².